The number of carboxylic acid groups (broad SMARTS) is 1. The number of anilines is 1. The van der Waals surface area contributed by atoms with Crippen molar-refractivity contribution in [2.24, 2.45) is 0 Å². The first-order valence-corrected chi connectivity index (χ1v) is 8.06. The summed E-state index contributed by atoms with van der Waals surface area (Å²) in [4.78, 5) is 23.2. The summed E-state index contributed by atoms with van der Waals surface area (Å²) in [6.45, 7) is 2.87. The number of amides is 1. The van der Waals surface area contributed by atoms with Crippen molar-refractivity contribution < 1.29 is 32.6 Å². The fourth-order valence-corrected chi connectivity index (χ4v) is 2.29. The van der Waals surface area contributed by atoms with Crippen LogP contribution < -0.4 is 10.1 Å². The van der Waals surface area contributed by atoms with Crippen LogP contribution in [0.15, 0.2) is 48.5 Å². The normalized spacial score (nSPS) is 13.5. The van der Waals surface area contributed by atoms with E-state index in [2.05, 4.69) is 5.32 Å². The molecule has 0 heterocycles. The highest BCUT2D eigenvalue weighted by Crippen LogP contribution is 2.36. The molecule has 0 aliphatic rings. The molecule has 0 fully saturated rings. The summed E-state index contributed by atoms with van der Waals surface area (Å²) in [6.07, 6.45) is -5.77. The van der Waals surface area contributed by atoms with Crippen LogP contribution >= 0.6 is 0 Å². The zero-order valence-corrected chi connectivity index (χ0v) is 14.6. The fraction of sp³-hybridized carbons (Fsp3) is 0.263. The molecular formula is C19H18F3NO4. The first-order chi connectivity index (χ1) is 12.6. The summed E-state index contributed by atoms with van der Waals surface area (Å²) in [5.74, 6) is -2.74. The summed E-state index contributed by atoms with van der Waals surface area (Å²) in [6, 6.07) is 10.8. The van der Waals surface area contributed by atoms with E-state index in [-0.39, 0.29) is 0 Å². The number of nitrogens with one attached hydrogen (secondary N) is 1. The van der Waals surface area contributed by atoms with Crippen LogP contribution in [0.5, 0.6) is 5.75 Å². The first-order valence-electron chi connectivity index (χ1n) is 8.06. The van der Waals surface area contributed by atoms with E-state index in [1.807, 2.05) is 0 Å². The van der Waals surface area contributed by atoms with Crippen LogP contribution in [0.4, 0.5) is 18.9 Å². The monoisotopic (exact) mass is 381 g/mol. The molecule has 5 nitrogen and oxygen atoms in total. The fourth-order valence-electron chi connectivity index (χ4n) is 2.29. The van der Waals surface area contributed by atoms with Gasteiger partial charge in [-0.1, -0.05) is 24.3 Å². The molecule has 2 aromatic rings. The van der Waals surface area contributed by atoms with Crippen molar-refractivity contribution in [2.45, 2.75) is 32.0 Å². The molecule has 8 heteroatoms. The maximum Gasteiger partial charge on any atom is 0.419 e. The lowest BCUT2D eigenvalue weighted by Gasteiger charge is -2.18. The quantitative estimate of drug-likeness (QED) is 0.782. The van der Waals surface area contributed by atoms with E-state index in [4.69, 9.17) is 9.84 Å². The van der Waals surface area contributed by atoms with Gasteiger partial charge in [-0.3, -0.25) is 9.59 Å². The van der Waals surface area contributed by atoms with Gasteiger partial charge in [0.1, 0.15) is 5.75 Å². The molecule has 0 saturated heterocycles. The number of hydrogen-bond acceptors (Lipinski definition) is 3. The number of para-hydroxylation sites is 1. The third-order valence-electron chi connectivity index (χ3n) is 3.91. The number of hydrogen-bond donors (Lipinski definition) is 2. The van der Waals surface area contributed by atoms with E-state index < -0.39 is 41.4 Å². The third kappa shape index (κ3) is 5.22. The van der Waals surface area contributed by atoms with Crippen molar-refractivity contribution in [3.8, 4) is 5.75 Å². The highest BCUT2D eigenvalue weighted by Gasteiger charge is 2.34. The molecule has 144 valence electrons. The third-order valence-corrected chi connectivity index (χ3v) is 3.91. The lowest BCUT2D eigenvalue weighted by molar-refractivity contribution is -0.140. The predicted octanol–water partition coefficient (Wildman–Crippen LogP) is 4.30. The van der Waals surface area contributed by atoms with E-state index >= 15 is 0 Å². The number of alkyl halides is 3. The van der Waals surface area contributed by atoms with Gasteiger partial charge in [0.05, 0.1) is 11.5 Å². The van der Waals surface area contributed by atoms with Crippen LogP contribution in [-0.2, 0) is 15.8 Å². The van der Waals surface area contributed by atoms with Gasteiger partial charge in [0, 0.05) is 5.69 Å². The summed E-state index contributed by atoms with van der Waals surface area (Å²) in [5.41, 5.74) is -0.0264. The number of carbonyl (C=O) groups is 2. The summed E-state index contributed by atoms with van der Waals surface area (Å²) < 4.78 is 44.1. The molecule has 1 amide bonds. The van der Waals surface area contributed by atoms with Crippen molar-refractivity contribution in [3.63, 3.8) is 0 Å². The minimum Gasteiger partial charge on any atom is -0.481 e. The Kier molecular flexibility index (Phi) is 6.09. The summed E-state index contributed by atoms with van der Waals surface area (Å²) in [5, 5.41) is 11.5. The molecule has 27 heavy (non-hydrogen) atoms. The molecule has 0 aliphatic heterocycles. The number of ether oxygens (including phenoxy) is 1. The predicted molar refractivity (Wildman–Crippen MR) is 92.7 cm³/mol. The van der Waals surface area contributed by atoms with E-state index in [9.17, 15) is 22.8 Å². The number of benzene rings is 2. The lowest BCUT2D eigenvalue weighted by Crippen LogP contribution is -2.30. The van der Waals surface area contributed by atoms with Gasteiger partial charge in [-0.25, -0.2) is 0 Å². The van der Waals surface area contributed by atoms with Gasteiger partial charge in [-0.2, -0.15) is 13.2 Å². The molecule has 0 spiro atoms. The maximum absolute atomic E-state index is 13.0. The minimum atomic E-state index is -4.59. The van der Waals surface area contributed by atoms with Crippen molar-refractivity contribution in [3.05, 3.63) is 59.7 Å². The van der Waals surface area contributed by atoms with Gasteiger partial charge in [0.2, 0.25) is 0 Å². The van der Waals surface area contributed by atoms with E-state index in [1.165, 1.54) is 38.1 Å². The molecule has 0 saturated carbocycles. The van der Waals surface area contributed by atoms with Crippen molar-refractivity contribution in [2.75, 3.05) is 5.32 Å². The number of carboxylic acids is 1. The number of rotatable bonds is 6. The lowest BCUT2D eigenvalue weighted by atomic mass is 10.0. The second-order valence-electron chi connectivity index (χ2n) is 5.93. The Morgan fingerprint density at radius 3 is 2.19 bits per heavy atom. The molecule has 0 aromatic heterocycles. The summed E-state index contributed by atoms with van der Waals surface area (Å²) >= 11 is 0. The van der Waals surface area contributed by atoms with Crippen LogP contribution in [0.1, 0.15) is 30.9 Å². The Morgan fingerprint density at radius 2 is 1.63 bits per heavy atom. The average Bonchev–Trinajstić information content (AvgIpc) is 2.61. The van der Waals surface area contributed by atoms with E-state index in [1.54, 1.807) is 12.1 Å². The minimum absolute atomic E-state index is 0.376. The molecular weight excluding hydrogens is 363 g/mol. The van der Waals surface area contributed by atoms with Crippen LogP contribution in [0.2, 0.25) is 0 Å². The van der Waals surface area contributed by atoms with Gasteiger partial charge < -0.3 is 15.2 Å². The molecule has 2 rings (SSSR count). The second kappa shape index (κ2) is 8.11. The Bertz CT molecular complexity index is 818. The number of aliphatic carboxylic acids is 1. The molecule has 0 aliphatic carbocycles. The average molecular weight is 381 g/mol. The van der Waals surface area contributed by atoms with Crippen LogP contribution in [-0.4, -0.2) is 23.1 Å². The van der Waals surface area contributed by atoms with E-state index in [0.29, 0.717) is 11.3 Å². The van der Waals surface area contributed by atoms with Crippen molar-refractivity contribution >= 4 is 17.6 Å². The van der Waals surface area contributed by atoms with Crippen molar-refractivity contribution in [1.82, 2.24) is 0 Å². The van der Waals surface area contributed by atoms with Crippen molar-refractivity contribution in [1.29, 1.82) is 0 Å². The zero-order valence-electron chi connectivity index (χ0n) is 14.6. The van der Waals surface area contributed by atoms with Gasteiger partial charge in [0.15, 0.2) is 6.10 Å². The highest BCUT2D eigenvalue weighted by atomic mass is 19.4. The standard InChI is InChI=1S/C19H18F3NO4/c1-11(18(25)26)13-7-9-14(10-8-13)23-17(24)12(2)27-16-6-4-3-5-15(16)19(20,21)22/h3-12H,1-2H3,(H,23,24)(H,25,26). The number of halogens is 3. The molecule has 2 aromatic carbocycles. The molecule has 2 N–H and O–H groups in total. The van der Waals surface area contributed by atoms with Crippen LogP contribution in [0.25, 0.3) is 0 Å². The van der Waals surface area contributed by atoms with Gasteiger partial charge in [0.25, 0.3) is 5.91 Å². The highest BCUT2D eigenvalue weighted by molar-refractivity contribution is 5.94. The molecule has 2 atom stereocenters. The SMILES string of the molecule is CC(Oc1ccccc1C(F)(F)F)C(=O)Nc1ccc(C(C)C(=O)O)cc1. The van der Waals surface area contributed by atoms with Crippen LogP contribution in [0, 0.1) is 0 Å². The molecule has 0 radical (unpaired) electrons. The van der Waals surface area contributed by atoms with Crippen LogP contribution in [0.3, 0.4) is 0 Å². The largest absolute Gasteiger partial charge is 0.481 e. The van der Waals surface area contributed by atoms with Gasteiger partial charge in [-0.15, -0.1) is 0 Å². The maximum atomic E-state index is 13.0. The van der Waals surface area contributed by atoms with Gasteiger partial charge in [-0.05, 0) is 43.7 Å². The second-order valence-corrected chi connectivity index (χ2v) is 5.93. The Hall–Kier alpha value is -3.03. The Morgan fingerprint density at radius 1 is 1.04 bits per heavy atom. The topological polar surface area (TPSA) is 75.6 Å². The molecule has 0 bridgehead atoms. The zero-order chi connectivity index (χ0) is 20.2. The Labute approximate surface area is 153 Å². The molecule has 2 unspecified atom stereocenters. The number of carbonyl (C=O) groups excluding carboxylic acids is 1. The first kappa shape index (κ1) is 20.3. The smallest absolute Gasteiger partial charge is 0.419 e. The summed E-state index contributed by atoms with van der Waals surface area (Å²) in [7, 11) is 0. The van der Waals surface area contributed by atoms with E-state index in [0.717, 1.165) is 12.1 Å². The van der Waals surface area contributed by atoms with Gasteiger partial charge >= 0.3 is 12.1 Å². The Balaban J connectivity index is 2.06.